The fourth-order valence-corrected chi connectivity index (χ4v) is 4.53. The maximum absolute atomic E-state index is 2.53. The molecule has 1 saturated heterocycles. The normalized spacial score (nSPS) is 40.5. The van der Waals surface area contributed by atoms with Gasteiger partial charge in [0.1, 0.15) is 13.1 Å². The minimum Gasteiger partial charge on any atom is -0.236 e. The van der Waals surface area contributed by atoms with Crippen molar-refractivity contribution in [2.24, 2.45) is 16.7 Å². The standard InChI is InChI=1S/C17H28N/c1-16(2)14-7-9-17(16,3)15(13-14)8-12-18-10-5-4-6-11-18/h8,12,14H,4-7,9-11,13H2,1-3H3/q+1/b15-8+. The SMILES string of the molecule is CC12CCC(C/C1=C\C=[N+]1CCCCC1)C2(C)C. The van der Waals surface area contributed by atoms with Crippen LogP contribution < -0.4 is 0 Å². The molecule has 1 heterocycles. The van der Waals surface area contributed by atoms with Crippen molar-refractivity contribution in [2.75, 3.05) is 13.1 Å². The van der Waals surface area contributed by atoms with E-state index in [2.05, 4.69) is 37.6 Å². The molecule has 0 aromatic carbocycles. The largest absolute Gasteiger partial charge is 0.236 e. The highest BCUT2D eigenvalue weighted by atomic mass is 15.0. The highest BCUT2D eigenvalue weighted by Gasteiger charge is 2.58. The molecule has 2 atom stereocenters. The Balaban J connectivity index is 1.82. The zero-order chi connectivity index (χ0) is 12.8. The number of piperidine rings is 1. The molecule has 2 bridgehead atoms. The summed E-state index contributed by atoms with van der Waals surface area (Å²) in [4.78, 5) is 0. The third-order valence-electron chi connectivity index (χ3n) is 6.49. The van der Waals surface area contributed by atoms with E-state index in [1.807, 2.05) is 0 Å². The molecule has 2 unspecified atom stereocenters. The van der Waals surface area contributed by atoms with Gasteiger partial charge in [-0.3, -0.25) is 0 Å². The highest BCUT2D eigenvalue weighted by Crippen LogP contribution is 2.67. The Hall–Kier alpha value is -0.590. The van der Waals surface area contributed by atoms with Crippen molar-refractivity contribution in [3.05, 3.63) is 11.6 Å². The molecule has 0 aromatic rings. The van der Waals surface area contributed by atoms with Gasteiger partial charge in [0.2, 0.25) is 0 Å². The quantitative estimate of drug-likeness (QED) is 0.615. The molecule has 3 rings (SSSR count). The van der Waals surface area contributed by atoms with Gasteiger partial charge < -0.3 is 0 Å². The van der Waals surface area contributed by atoms with E-state index in [1.54, 1.807) is 5.57 Å². The van der Waals surface area contributed by atoms with Crippen molar-refractivity contribution in [2.45, 2.75) is 59.3 Å². The summed E-state index contributed by atoms with van der Waals surface area (Å²) in [5.74, 6) is 0.934. The van der Waals surface area contributed by atoms with Crippen molar-refractivity contribution in [1.82, 2.24) is 0 Å². The van der Waals surface area contributed by atoms with Crippen LogP contribution in [-0.2, 0) is 0 Å². The molecule has 3 aliphatic rings. The van der Waals surface area contributed by atoms with Gasteiger partial charge in [-0.2, -0.15) is 0 Å². The molecule has 2 saturated carbocycles. The number of nitrogens with zero attached hydrogens (tertiary/aromatic N) is 1. The lowest BCUT2D eigenvalue weighted by Crippen LogP contribution is -2.28. The second-order valence-corrected chi connectivity index (χ2v) is 7.43. The summed E-state index contributed by atoms with van der Waals surface area (Å²) < 4.78 is 2.53. The van der Waals surface area contributed by atoms with Crippen LogP contribution >= 0.6 is 0 Å². The van der Waals surface area contributed by atoms with Crippen molar-refractivity contribution < 1.29 is 4.58 Å². The first-order valence-corrected chi connectivity index (χ1v) is 7.82. The van der Waals surface area contributed by atoms with E-state index in [9.17, 15) is 0 Å². The molecule has 0 N–H and O–H groups in total. The van der Waals surface area contributed by atoms with Crippen LogP contribution in [0.3, 0.4) is 0 Å². The molecule has 1 heteroatoms. The van der Waals surface area contributed by atoms with Crippen molar-refractivity contribution in [1.29, 1.82) is 0 Å². The third kappa shape index (κ3) is 1.70. The summed E-state index contributed by atoms with van der Waals surface area (Å²) >= 11 is 0. The third-order valence-corrected chi connectivity index (χ3v) is 6.49. The fraction of sp³-hybridized carbons (Fsp3) is 0.824. The predicted molar refractivity (Wildman–Crippen MR) is 77.2 cm³/mol. The molecular weight excluding hydrogens is 218 g/mol. The molecule has 2 aliphatic carbocycles. The maximum Gasteiger partial charge on any atom is 0.163 e. The van der Waals surface area contributed by atoms with Crippen LogP contribution in [0.5, 0.6) is 0 Å². The summed E-state index contributed by atoms with van der Waals surface area (Å²) in [7, 11) is 0. The van der Waals surface area contributed by atoms with Gasteiger partial charge in [-0.25, -0.2) is 4.58 Å². The van der Waals surface area contributed by atoms with Gasteiger partial charge in [0, 0.05) is 18.9 Å². The molecule has 0 spiro atoms. The summed E-state index contributed by atoms with van der Waals surface area (Å²) in [6.45, 7) is 10.0. The maximum atomic E-state index is 2.53. The van der Waals surface area contributed by atoms with Crippen molar-refractivity contribution >= 4 is 6.21 Å². The Labute approximate surface area is 112 Å². The van der Waals surface area contributed by atoms with Gasteiger partial charge in [-0.1, -0.05) is 26.3 Å². The molecule has 1 aliphatic heterocycles. The number of rotatable bonds is 1. The zero-order valence-corrected chi connectivity index (χ0v) is 12.3. The zero-order valence-electron chi connectivity index (χ0n) is 12.3. The lowest BCUT2D eigenvalue weighted by atomic mass is 9.69. The van der Waals surface area contributed by atoms with Gasteiger partial charge >= 0.3 is 0 Å². The second-order valence-electron chi connectivity index (χ2n) is 7.43. The van der Waals surface area contributed by atoms with E-state index in [4.69, 9.17) is 0 Å². The van der Waals surface area contributed by atoms with Gasteiger partial charge in [-0.15, -0.1) is 0 Å². The molecule has 18 heavy (non-hydrogen) atoms. The summed E-state index contributed by atoms with van der Waals surface area (Å²) in [6, 6.07) is 0. The Kier molecular flexibility index (Phi) is 2.91. The molecule has 0 amide bonds. The molecule has 0 radical (unpaired) electrons. The summed E-state index contributed by atoms with van der Waals surface area (Å²) in [6.07, 6.45) is 13.3. The molecule has 1 nitrogen and oxygen atoms in total. The van der Waals surface area contributed by atoms with Crippen LogP contribution in [-0.4, -0.2) is 23.9 Å². The fourth-order valence-electron chi connectivity index (χ4n) is 4.53. The Morgan fingerprint density at radius 1 is 1.11 bits per heavy atom. The van der Waals surface area contributed by atoms with Crippen molar-refractivity contribution in [3.8, 4) is 0 Å². The average Bonchev–Trinajstić information content (AvgIpc) is 2.70. The molecule has 3 fully saturated rings. The lowest BCUT2D eigenvalue weighted by molar-refractivity contribution is -0.532. The molecular formula is C17H28N+. The average molecular weight is 246 g/mol. The Bertz CT molecular complexity index is 394. The van der Waals surface area contributed by atoms with E-state index >= 15 is 0 Å². The van der Waals surface area contributed by atoms with E-state index in [1.165, 1.54) is 51.6 Å². The van der Waals surface area contributed by atoms with Crippen LogP contribution in [0, 0.1) is 16.7 Å². The van der Waals surface area contributed by atoms with Crippen LogP contribution in [0.25, 0.3) is 0 Å². The number of allylic oxidation sites excluding steroid dienone is 2. The first-order chi connectivity index (χ1) is 8.54. The number of fused-ring (bicyclic) bond motifs is 2. The number of hydrogen-bond acceptors (Lipinski definition) is 0. The van der Waals surface area contributed by atoms with Crippen LogP contribution in [0.1, 0.15) is 59.3 Å². The Morgan fingerprint density at radius 3 is 2.39 bits per heavy atom. The van der Waals surface area contributed by atoms with Crippen molar-refractivity contribution in [3.63, 3.8) is 0 Å². The lowest BCUT2D eigenvalue weighted by Gasteiger charge is -2.35. The first-order valence-electron chi connectivity index (χ1n) is 7.82. The Morgan fingerprint density at radius 2 is 1.83 bits per heavy atom. The summed E-state index contributed by atoms with van der Waals surface area (Å²) in [5.41, 5.74) is 2.73. The summed E-state index contributed by atoms with van der Waals surface area (Å²) in [5, 5.41) is 0. The second kappa shape index (κ2) is 4.21. The van der Waals surface area contributed by atoms with E-state index in [0.29, 0.717) is 10.8 Å². The highest BCUT2D eigenvalue weighted by molar-refractivity contribution is 5.68. The van der Waals surface area contributed by atoms with E-state index < -0.39 is 0 Å². The van der Waals surface area contributed by atoms with Crippen LogP contribution in [0.4, 0.5) is 0 Å². The van der Waals surface area contributed by atoms with Crippen LogP contribution in [0.15, 0.2) is 11.6 Å². The number of hydrogen-bond donors (Lipinski definition) is 0. The minimum absolute atomic E-state index is 0.476. The smallest absolute Gasteiger partial charge is 0.163 e. The van der Waals surface area contributed by atoms with Gasteiger partial charge in [-0.05, 0) is 42.4 Å². The monoisotopic (exact) mass is 246 g/mol. The van der Waals surface area contributed by atoms with E-state index in [0.717, 1.165) is 5.92 Å². The minimum atomic E-state index is 0.476. The first kappa shape index (κ1) is 12.4. The topological polar surface area (TPSA) is 3.01 Å². The van der Waals surface area contributed by atoms with Gasteiger partial charge in [0.25, 0.3) is 0 Å². The molecule has 0 aromatic heterocycles. The predicted octanol–water partition coefficient (Wildman–Crippen LogP) is 4.03. The molecule has 100 valence electrons. The van der Waals surface area contributed by atoms with E-state index in [-0.39, 0.29) is 0 Å². The van der Waals surface area contributed by atoms with Crippen LogP contribution in [0.2, 0.25) is 0 Å². The van der Waals surface area contributed by atoms with Gasteiger partial charge in [0.15, 0.2) is 6.21 Å². The van der Waals surface area contributed by atoms with Gasteiger partial charge in [0.05, 0.1) is 0 Å².